The Labute approximate surface area is 155 Å². The third kappa shape index (κ3) is 5.11. The zero-order chi connectivity index (χ0) is 17.8. The van der Waals surface area contributed by atoms with Crippen molar-refractivity contribution in [3.63, 3.8) is 0 Å². The summed E-state index contributed by atoms with van der Waals surface area (Å²) in [6.45, 7) is -0.204. The van der Waals surface area contributed by atoms with Gasteiger partial charge >= 0.3 is 0 Å². The summed E-state index contributed by atoms with van der Waals surface area (Å²) in [6.07, 6.45) is 2.08. The summed E-state index contributed by atoms with van der Waals surface area (Å²) in [5.74, 6) is -0.0954. The van der Waals surface area contributed by atoms with Gasteiger partial charge in [-0.1, -0.05) is 23.2 Å². The van der Waals surface area contributed by atoms with Gasteiger partial charge in [0.2, 0.25) is 0 Å². The van der Waals surface area contributed by atoms with Crippen LogP contribution in [0.3, 0.4) is 0 Å². The van der Waals surface area contributed by atoms with E-state index in [0.717, 1.165) is 12.8 Å². The van der Waals surface area contributed by atoms with Gasteiger partial charge in [-0.05, 0) is 49.2 Å². The molecule has 2 aromatic carbocycles. The molecule has 25 heavy (non-hydrogen) atoms. The summed E-state index contributed by atoms with van der Waals surface area (Å²) in [5, 5.41) is 6.45. The number of anilines is 1. The summed E-state index contributed by atoms with van der Waals surface area (Å²) in [6, 6.07) is 11.8. The van der Waals surface area contributed by atoms with Crippen LogP contribution >= 0.6 is 23.2 Å². The van der Waals surface area contributed by atoms with Crippen LogP contribution in [0.2, 0.25) is 10.0 Å². The second kappa shape index (κ2) is 7.76. The monoisotopic (exact) mass is 378 g/mol. The average Bonchev–Trinajstić information content (AvgIpc) is 3.40. The minimum absolute atomic E-state index is 0.0979. The molecule has 2 N–H and O–H groups in total. The van der Waals surface area contributed by atoms with Crippen LogP contribution in [0.4, 0.5) is 5.69 Å². The predicted molar refractivity (Wildman–Crippen MR) is 97.5 cm³/mol. The third-order valence-electron chi connectivity index (χ3n) is 3.60. The summed E-state index contributed by atoms with van der Waals surface area (Å²) in [4.78, 5) is 23.9. The van der Waals surface area contributed by atoms with Crippen LogP contribution in [0, 0.1) is 0 Å². The van der Waals surface area contributed by atoms with Crippen LogP contribution in [-0.4, -0.2) is 24.5 Å². The Morgan fingerprint density at radius 3 is 2.48 bits per heavy atom. The predicted octanol–water partition coefficient (Wildman–Crippen LogP) is 3.90. The van der Waals surface area contributed by atoms with Crippen molar-refractivity contribution in [2.45, 2.75) is 18.9 Å². The zero-order valence-electron chi connectivity index (χ0n) is 13.2. The fourth-order valence-electron chi connectivity index (χ4n) is 2.13. The number of amides is 2. The maximum absolute atomic E-state index is 12.0. The van der Waals surface area contributed by atoms with Crippen molar-refractivity contribution in [1.29, 1.82) is 0 Å². The highest BCUT2D eigenvalue weighted by Crippen LogP contribution is 2.27. The van der Waals surface area contributed by atoms with Gasteiger partial charge in [0.15, 0.2) is 6.61 Å². The van der Waals surface area contributed by atoms with Crippen molar-refractivity contribution in [3.8, 4) is 5.75 Å². The van der Waals surface area contributed by atoms with Crippen molar-refractivity contribution >= 4 is 40.7 Å². The Morgan fingerprint density at radius 2 is 1.80 bits per heavy atom. The number of hydrogen-bond donors (Lipinski definition) is 2. The number of nitrogens with one attached hydrogen (secondary N) is 2. The molecule has 0 saturated heterocycles. The molecule has 0 bridgehead atoms. The summed E-state index contributed by atoms with van der Waals surface area (Å²) < 4.78 is 5.37. The quantitative estimate of drug-likeness (QED) is 0.800. The minimum Gasteiger partial charge on any atom is -0.482 e. The number of carbonyl (C=O) groups excluding carboxylic acids is 2. The molecule has 0 aliphatic heterocycles. The van der Waals surface area contributed by atoms with Crippen LogP contribution in [0.5, 0.6) is 5.75 Å². The molecule has 2 amide bonds. The Balaban J connectivity index is 1.52. The SMILES string of the molecule is O=C(COc1cc(Cl)ccc1Cl)Nc1ccc(C(=O)NC2CC2)cc1. The minimum atomic E-state index is -0.341. The fourth-order valence-corrected chi connectivity index (χ4v) is 2.46. The molecule has 7 heteroatoms. The van der Waals surface area contributed by atoms with E-state index >= 15 is 0 Å². The summed E-state index contributed by atoms with van der Waals surface area (Å²) >= 11 is 11.8. The van der Waals surface area contributed by atoms with E-state index in [1.807, 2.05) is 0 Å². The van der Waals surface area contributed by atoms with Crippen LogP contribution in [0.15, 0.2) is 42.5 Å². The van der Waals surface area contributed by atoms with Gasteiger partial charge in [0.25, 0.3) is 11.8 Å². The number of hydrogen-bond acceptors (Lipinski definition) is 3. The standard InChI is InChI=1S/C18H16Cl2N2O3/c19-12-3-8-15(20)16(9-12)25-10-17(23)21-13-4-1-11(2-5-13)18(24)22-14-6-7-14/h1-5,8-9,14H,6-7,10H2,(H,21,23)(H,22,24). The van der Waals surface area contributed by atoms with E-state index in [1.165, 1.54) is 0 Å². The molecule has 0 unspecified atom stereocenters. The van der Waals surface area contributed by atoms with Gasteiger partial charge < -0.3 is 15.4 Å². The lowest BCUT2D eigenvalue weighted by atomic mass is 10.2. The smallest absolute Gasteiger partial charge is 0.262 e. The van der Waals surface area contributed by atoms with Crippen molar-refractivity contribution in [2.24, 2.45) is 0 Å². The molecule has 0 aromatic heterocycles. The molecule has 3 rings (SSSR count). The Hall–Kier alpha value is -2.24. The first kappa shape index (κ1) is 17.6. The highest BCUT2D eigenvalue weighted by molar-refractivity contribution is 6.34. The first-order valence-electron chi connectivity index (χ1n) is 7.80. The Kier molecular flexibility index (Phi) is 5.46. The van der Waals surface area contributed by atoms with Gasteiger partial charge in [0.1, 0.15) is 5.75 Å². The van der Waals surface area contributed by atoms with E-state index in [0.29, 0.717) is 33.1 Å². The van der Waals surface area contributed by atoms with E-state index < -0.39 is 0 Å². The van der Waals surface area contributed by atoms with Gasteiger partial charge in [0, 0.05) is 28.4 Å². The highest BCUT2D eigenvalue weighted by Gasteiger charge is 2.23. The van der Waals surface area contributed by atoms with Crippen LogP contribution in [0.25, 0.3) is 0 Å². The molecule has 130 valence electrons. The molecule has 1 aliphatic rings. The Bertz CT molecular complexity index is 789. The van der Waals surface area contributed by atoms with Crippen molar-refractivity contribution < 1.29 is 14.3 Å². The molecule has 0 spiro atoms. The second-order valence-electron chi connectivity index (χ2n) is 5.74. The topological polar surface area (TPSA) is 67.4 Å². The van der Waals surface area contributed by atoms with Crippen molar-refractivity contribution in [2.75, 3.05) is 11.9 Å². The molecule has 1 saturated carbocycles. The number of ether oxygens (including phenoxy) is 1. The van der Waals surface area contributed by atoms with Gasteiger partial charge in [-0.3, -0.25) is 9.59 Å². The normalized spacial score (nSPS) is 13.2. The number of rotatable bonds is 6. The second-order valence-corrected chi connectivity index (χ2v) is 6.58. The lowest BCUT2D eigenvalue weighted by molar-refractivity contribution is -0.118. The van der Waals surface area contributed by atoms with Crippen LogP contribution < -0.4 is 15.4 Å². The molecule has 0 radical (unpaired) electrons. The van der Waals surface area contributed by atoms with Gasteiger partial charge in [-0.15, -0.1) is 0 Å². The third-order valence-corrected chi connectivity index (χ3v) is 4.14. The summed E-state index contributed by atoms with van der Waals surface area (Å²) in [7, 11) is 0. The number of carbonyl (C=O) groups is 2. The van der Waals surface area contributed by atoms with Crippen LogP contribution in [-0.2, 0) is 4.79 Å². The fraction of sp³-hybridized carbons (Fsp3) is 0.222. The first-order valence-corrected chi connectivity index (χ1v) is 8.55. The van der Waals surface area contributed by atoms with Crippen molar-refractivity contribution in [1.82, 2.24) is 5.32 Å². The van der Waals surface area contributed by atoms with Crippen LogP contribution in [0.1, 0.15) is 23.2 Å². The maximum Gasteiger partial charge on any atom is 0.262 e. The zero-order valence-corrected chi connectivity index (χ0v) is 14.7. The van der Waals surface area contributed by atoms with Gasteiger partial charge in [0.05, 0.1) is 5.02 Å². The lowest BCUT2D eigenvalue weighted by Gasteiger charge is -2.09. The molecule has 0 atom stereocenters. The van der Waals surface area contributed by atoms with Gasteiger partial charge in [-0.25, -0.2) is 0 Å². The molecule has 1 aliphatic carbocycles. The van der Waals surface area contributed by atoms with E-state index in [2.05, 4.69) is 10.6 Å². The lowest BCUT2D eigenvalue weighted by Crippen LogP contribution is -2.25. The Morgan fingerprint density at radius 1 is 1.08 bits per heavy atom. The van der Waals surface area contributed by atoms with E-state index in [9.17, 15) is 9.59 Å². The molecule has 5 nitrogen and oxygen atoms in total. The highest BCUT2D eigenvalue weighted by atomic mass is 35.5. The molecular weight excluding hydrogens is 363 g/mol. The van der Waals surface area contributed by atoms with E-state index in [1.54, 1.807) is 42.5 Å². The molecular formula is C18H16Cl2N2O3. The maximum atomic E-state index is 12.0. The number of halogens is 2. The molecule has 0 heterocycles. The average molecular weight is 379 g/mol. The molecule has 1 fully saturated rings. The first-order chi connectivity index (χ1) is 12.0. The largest absolute Gasteiger partial charge is 0.482 e. The number of benzene rings is 2. The summed E-state index contributed by atoms with van der Waals surface area (Å²) in [5.41, 5.74) is 1.14. The van der Waals surface area contributed by atoms with Gasteiger partial charge in [-0.2, -0.15) is 0 Å². The molecule has 2 aromatic rings. The van der Waals surface area contributed by atoms with E-state index in [4.69, 9.17) is 27.9 Å². The van der Waals surface area contributed by atoms with E-state index in [-0.39, 0.29) is 18.4 Å². The van der Waals surface area contributed by atoms with Crippen molar-refractivity contribution in [3.05, 3.63) is 58.1 Å².